The summed E-state index contributed by atoms with van der Waals surface area (Å²) in [5.74, 6) is 0.723. The molecule has 1 saturated heterocycles. The Bertz CT molecular complexity index is 239. The van der Waals surface area contributed by atoms with Crippen molar-refractivity contribution in [2.45, 2.75) is 32.4 Å². The van der Waals surface area contributed by atoms with Crippen molar-refractivity contribution in [3.8, 4) is 0 Å². The Morgan fingerprint density at radius 2 is 2.24 bits per heavy atom. The molecule has 4 nitrogen and oxygen atoms in total. The first-order valence-corrected chi connectivity index (χ1v) is 6.82. The molecule has 0 aromatic carbocycles. The van der Waals surface area contributed by atoms with E-state index in [0.29, 0.717) is 12.6 Å². The summed E-state index contributed by atoms with van der Waals surface area (Å²) in [6, 6.07) is 0.428. The monoisotopic (exact) mass is 279 g/mol. The maximum atomic E-state index is 10.8. The van der Waals surface area contributed by atoms with Crippen molar-refractivity contribution in [1.29, 1.82) is 0 Å². The van der Waals surface area contributed by atoms with Crippen molar-refractivity contribution in [1.82, 2.24) is 10.2 Å². The summed E-state index contributed by atoms with van der Waals surface area (Å²) in [5.41, 5.74) is 0. The van der Waals surface area contributed by atoms with Crippen molar-refractivity contribution < 1.29 is 26.5 Å². The predicted octanol–water partition coefficient (Wildman–Crippen LogP) is 0.443. The average Bonchev–Trinajstić information content (AvgIpc) is 2.62. The van der Waals surface area contributed by atoms with Crippen LogP contribution >= 0.6 is 0 Å². The molecule has 0 aromatic rings. The molecule has 99 valence electrons. The number of hydrogen-bond donors (Lipinski definition) is 1. The Morgan fingerprint density at radius 1 is 1.65 bits per heavy atom. The number of likely N-dealkylation sites (tertiary alicyclic amines) is 1. The molecule has 1 fully saturated rings. The van der Waals surface area contributed by atoms with Gasteiger partial charge in [0.05, 0.1) is 6.10 Å². The Morgan fingerprint density at radius 3 is 2.59 bits per heavy atom. The molecule has 0 bridgehead atoms. The van der Waals surface area contributed by atoms with E-state index >= 15 is 0 Å². The van der Waals surface area contributed by atoms with Crippen molar-refractivity contribution in [2.75, 3.05) is 27.2 Å². The predicted molar refractivity (Wildman–Crippen MR) is 66.8 cm³/mol. The Balaban J connectivity index is 0.00000121. The third-order valence-electron chi connectivity index (χ3n) is 3.09. The number of carbonyl (C=O) groups excluding carboxylic acids is 1. The molecule has 3 unspecified atom stereocenters. The van der Waals surface area contributed by atoms with Crippen LogP contribution in [0.15, 0.2) is 0 Å². The number of amides is 1. The molecular formula is C12H24N2O2V. The molecule has 1 aliphatic heterocycles. The summed E-state index contributed by atoms with van der Waals surface area (Å²) in [4.78, 5) is 13.2. The van der Waals surface area contributed by atoms with Gasteiger partial charge >= 0.3 is 22.2 Å². The second-order valence-corrected chi connectivity index (χ2v) is 4.56. The summed E-state index contributed by atoms with van der Waals surface area (Å²) in [7, 11) is 3.83. The fourth-order valence-corrected chi connectivity index (χ4v) is 2.35. The van der Waals surface area contributed by atoms with E-state index in [4.69, 9.17) is 4.74 Å². The molecule has 1 rings (SSSR count). The number of ether oxygens (including phenoxy) is 1. The molecule has 1 N–H and O–H groups in total. The van der Waals surface area contributed by atoms with E-state index in [1.807, 2.05) is 0 Å². The second-order valence-electron chi connectivity index (χ2n) is 4.56. The van der Waals surface area contributed by atoms with E-state index < -0.39 is 0 Å². The van der Waals surface area contributed by atoms with Crippen LogP contribution in [0.2, 0.25) is 0 Å². The summed E-state index contributed by atoms with van der Waals surface area (Å²) >= 11 is 2.06. The van der Waals surface area contributed by atoms with Gasteiger partial charge in [0.2, 0.25) is 5.91 Å². The van der Waals surface area contributed by atoms with Gasteiger partial charge in [0.15, 0.2) is 0 Å². The minimum atomic E-state index is 0.00532. The normalized spacial score (nSPS) is 25.8. The van der Waals surface area contributed by atoms with Crippen LogP contribution in [0.25, 0.3) is 0 Å². The summed E-state index contributed by atoms with van der Waals surface area (Å²) < 4.78 is 5.45. The Kier molecular flexibility index (Phi) is 8.78. The van der Waals surface area contributed by atoms with Gasteiger partial charge in [-0.1, -0.05) is 6.92 Å². The van der Waals surface area contributed by atoms with Crippen LogP contribution in [0, 0.1) is 5.92 Å². The molecule has 1 amide bonds. The molecule has 0 aromatic heterocycles. The maximum absolute atomic E-state index is 10.8. The van der Waals surface area contributed by atoms with Crippen LogP contribution < -0.4 is 5.32 Å². The number of hydrogen-bond acceptors (Lipinski definition) is 3. The van der Waals surface area contributed by atoms with Gasteiger partial charge in [-0.3, -0.25) is 4.79 Å². The van der Waals surface area contributed by atoms with Gasteiger partial charge in [-0.05, 0) is 19.4 Å². The molecule has 0 spiro atoms. The number of likely N-dealkylation sites (N-methyl/N-ethyl adjacent to an activating group) is 1. The van der Waals surface area contributed by atoms with E-state index in [1.54, 1.807) is 7.11 Å². The molecule has 0 radical (unpaired) electrons. The molecular weight excluding hydrogens is 255 g/mol. The summed E-state index contributed by atoms with van der Waals surface area (Å²) in [6.45, 7) is 5.51. The van der Waals surface area contributed by atoms with Crippen LogP contribution in [0.1, 0.15) is 20.3 Å². The summed E-state index contributed by atoms with van der Waals surface area (Å²) in [5, 5.41) is 6.01. The van der Waals surface area contributed by atoms with Gasteiger partial charge in [0.1, 0.15) is 0 Å². The van der Waals surface area contributed by atoms with Crippen molar-refractivity contribution in [3.63, 3.8) is 0 Å². The Hall–Kier alpha value is -0.156. The molecule has 5 heteroatoms. The van der Waals surface area contributed by atoms with E-state index in [2.05, 4.69) is 46.4 Å². The first-order valence-electron chi connectivity index (χ1n) is 5.83. The van der Waals surface area contributed by atoms with Gasteiger partial charge in [0.25, 0.3) is 0 Å². The van der Waals surface area contributed by atoms with Crippen molar-refractivity contribution in [3.05, 3.63) is 0 Å². The number of rotatable bonds is 4. The van der Waals surface area contributed by atoms with Crippen LogP contribution in [-0.4, -0.2) is 55.4 Å². The molecule has 0 saturated carbocycles. The number of nitrogens with one attached hydrogen (secondary N) is 1. The zero-order valence-electron chi connectivity index (χ0n) is 11.3. The van der Waals surface area contributed by atoms with Gasteiger partial charge in [-0.15, -0.1) is 0 Å². The first kappa shape index (κ1) is 16.8. The molecule has 0 aliphatic carbocycles. The third-order valence-corrected chi connectivity index (χ3v) is 3.09. The average molecular weight is 279 g/mol. The fourth-order valence-electron chi connectivity index (χ4n) is 2.35. The van der Waals surface area contributed by atoms with E-state index in [-0.39, 0.29) is 12.0 Å². The van der Waals surface area contributed by atoms with Crippen molar-refractivity contribution in [2.24, 2.45) is 5.92 Å². The first-order chi connectivity index (χ1) is 8.04. The molecule has 1 heterocycles. The van der Waals surface area contributed by atoms with E-state index in [9.17, 15) is 4.79 Å². The van der Waals surface area contributed by atoms with Gasteiger partial charge in [-0.2, -0.15) is 0 Å². The molecule has 3 atom stereocenters. The van der Waals surface area contributed by atoms with Crippen LogP contribution in [0.4, 0.5) is 0 Å². The topological polar surface area (TPSA) is 41.6 Å². The number of nitrogens with zero attached hydrogens (tertiary/aromatic N) is 1. The van der Waals surface area contributed by atoms with E-state index in [0.717, 1.165) is 18.9 Å². The van der Waals surface area contributed by atoms with Crippen LogP contribution in [0.3, 0.4) is 0 Å². The third kappa shape index (κ3) is 5.82. The van der Waals surface area contributed by atoms with E-state index in [1.165, 1.54) is 6.92 Å². The van der Waals surface area contributed by atoms with Gasteiger partial charge in [-0.25, -0.2) is 0 Å². The second kappa shape index (κ2) is 8.87. The number of methoxy groups -OCH3 is 1. The quantitative estimate of drug-likeness (QED) is 0.812. The van der Waals surface area contributed by atoms with Crippen LogP contribution in [-0.2, 0) is 26.5 Å². The van der Waals surface area contributed by atoms with Gasteiger partial charge in [0, 0.05) is 33.2 Å². The molecule has 1 aliphatic rings. The van der Waals surface area contributed by atoms with Gasteiger partial charge < -0.3 is 15.0 Å². The van der Waals surface area contributed by atoms with Crippen LogP contribution in [0.5, 0.6) is 0 Å². The SMILES string of the molecule is COC(CNC(C)=O)C1CC(C)CN1C.[CH2]=[V]. The summed E-state index contributed by atoms with van der Waals surface area (Å²) in [6.07, 6.45) is 1.25. The standard InChI is InChI=1S/C11H22N2O2.CH2.V/c1-8-5-10(13(3)7-8)11(15-4)6-12-9(2)14;;/h8,10-11H,5-7H2,1-4H3,(H,12,14);1H2;. The minimum absolute atomic E-state index is 0.00532. The Labute approximate surface area is 114 Å². The zero-order valence-corrected chi connectivity index (χ0v) is 12.7. The molecule has 17 heavy (non-hydrogen) atoms. The zero-order chi connectivity index (χ0) is 13.4. The number of carbonyl (C=O) groups is 1. The fraction of sp³-hybridized carbons (Fsp3) is 0.833. The van der Waals surface area contributed by atoms with Crippen molar-refractivity contribution >= 4 is 11.1 Å².